The molecule has 19 heavy (non-hydrogen) atoms. The van der Waals surface area contributed by atoms with Crippen LogP contribution in [0.15, 0.2) is 36.4 Å². The van der Waals surface area contributed by atoms with E-state index in [1.807, 2.05) is 0 Å². The third-order valence-electron chi connectivity index (χ3n) is 4.51. The van der Waals surface area contributed by atoms with Gasteiger partial charge in [-0.3, -0.25) is 0 Å². The quantitative estimate of drug-likeness (QED) is 0.671. The van der Waals surface area contributed by atoms with Gasteiger partial charge in [-0.1, -0.05) is 36.4 Å². The van der Waals surface area contributed by atoms with Crippen molar-refractivity contribution in [2.45, 2.75) is 27.7 Å². The average Bonchev–Trinajstić information content (AvgIpc) is 2.88. The lowest BCUT2D eigenvalue weighted by Gasteiger charge is -2.18. The lowest BCUT2D eigenvalue weighted by Crippen LogP contribution is -2.01. The van der Waals surface area contributed by atoms with Gasteiger partial charge in [0.05, 0.1) is 0 Å². The fraction of sp³-hybridized carbons (Fsp3) is 0.211. The van der Waals surface area contributed by atoms with Crippen molar-refractivity contribution in [3.05, 3.63) is 81.8 Å². The number of rotatable bonds is 1. The third kappa shape index (κ3) is 1.74. The van der Waals surface area contributed by atoms with Crippen molar-refractivity contribution in [3.8, 4) is 0 Å². The summed E-state index contributed by atoms with van der Waals surface area (Å²) in [6.45, 7) is 8.95. The molecule has 0 nitrogen and oxygen atoms in total. The molecule has 1 radical (unpaired) electrons. The van der Waals surface area contributed by atoms with Gasteiger partial charge in [0.25, 0.3) is 0 Å². The van der Waals surface area contributed by atoms with Crippen LogP contribution in [-0.4, -0.2) is 0 Å². The molecule has 2 aromatic rings. The summed E-state index contributed by atoms with van der Waals surface area (Å²) in [6.07, 6.45) is 4.53. The van der Waals surface area contributed by atoms with Gasteiger partial charge in [0.1, 0.15) is 0 Å². The van der Waals surface area contributed by atoms with Crippen LogP contribution in [0, 0.1) is 34.1 Å². The summed E-state index contributed by atoms with van der Waals surface area (Å²) < 4.78 is 0. The van der Waals surface area contributed by atoms with Crippen molar-refractivity contribution in [1.29, 1.82) is 0 Å². The van der Waals surface area contributed by atoms with Crippen LogP contribution in [0.5, 0.6) is 0 Å². The summed E-state index contributed by atoms with van der Waals surface area (Å²) in [5, 5.41) is 0. The first-order valence-electron chi connectivity index (χ1n) is 6.82. The van der Waals surface area contributed by atoms with Gasteiger partial charge in [-0.25, -0.2) is 0 Å². The number of hydrogen-bond donors (Lipinski definition) is 0. The van der Waals surface area contributed by atoms with Crippen molar-refractivity contribution in [2.75, 3.05) is 0 Å². The van der Waals surface area contributed by atoms with E-state index in [1.165, 1.54) is 44.5 Å². The monoisotopic (exact) mass is 247 g/mol. The Labute approximate surface area is 115 Å². The Balaban J connectivity index is 2.25. The summed E-state index contributed by atoms with van der Waals surface area (Å²) in [6, 6.07) is 10.7. The summed E-state index contributed by atoms with van der Waals surface area (Å²) in [5.74, 6) is 0. The Hall–Kier alpha value is -1.82. The smallest absolute Gasteiger partial charge is 0.0140 e. The van der Waals surface area contributed by atoms with Gasteiger partial charge in [-0.2, -0.15) is 0 Å². The van der Waals surface area contributed by atoms with E-state index in [2.05, 4.69) is 70.5 Å². The van der Waals surface area contributed by atoms with Crippen molar-refractivity contribution < 1.29 is 0 Å². The van der Waals surface area contributed by atoms with Crippen molar-refractivity contribution in [3.63, 3.8) is 0 Å². The molecule has 0 amide bonds. The second-order valence-corrected chi connectivity index (χ2v) is 5.40. The lowest BCUT2D eigenvalue weighted by molar-refractivity contribution is 1.18. The van der Waals surface area contributed by atoms with E-state index in [0.29, 0.717) is 0 Å². The van der Waals surface area contributed by atoms with E-state index >= 15 is 0 Å². The highest BCUT2D eigenvalue weighted by Crippen LogP contribution is 2.40. The Kier molecular flexibility index (Phi) is 2.82. The molecule has 0 heterocycles. The maximum atomic E-state index is 2.27. The summed E-state index contributed by atoms with van der Waals surface area (Å²) >= 11 is 0. The number of benzene rings is 2. The Morgan fingerprint density at radius 1 is 0.684 bits per heavy atom. The molecule has 0 aliphatic heterocycles. The Morgan fingerprint density at radius 3 is 2.00 bits per heavy atom. The van der Waals surface area contributed by atoms with Gasteiger partial charge >= 0.3 is 0 Å². The van der Waals surface area contributed by atoms with E-state index in [1.54, 1.807) is 0 Å². The van der Waals surface area contributed by atoms with Crippen LogP contribution in [0.25, 0.3) is 5.57 Å². The highest BCUT2D eigenvalue weighted by atomic mass is 14.3. The molecule has 0 heteroatoms. The summed E-state index contributed by atoms with van der Waals surface area (Å²) in [7, 11) is 0. The number of fused-ring (bicyclic) bond motifs is 1. The molecule has 0 unspecified atom stereocenters. The molecule has 0 bridgehead atoms. The zero-order valence-corrected chi connectivity index (χ0v) is 12.0. The van der Waals surface area contributed by atoms with E-state index in [0.717, 1.165) is 0 Å². The van der Waals surface area contributed by atoms with Gasteiger partial charge in [0.2, 0.25) is 0 Å². The predicted molar refractivity (Wildman–Crippen MR) is 82.3 cm³/mol. The molecular formula is C19H19. The van der Waals surface area contributed by atoms with Crippen molar-refractivity contribution in [1.82, 2.24) is 0 Å². The molecule has 0 saturated carbocycles. The number of hydrogen-bond acceptors (Lipinski definition) is 0. The second-order valence-electron chi connectivity index (χ2n) is 5.40. The highest BCUT2D eigenvalue weighted by Gasteiger charge is 2.22. The van der Waals surface area contributed by atoms with Crippen molar-refractivity contribution in [2.24, 2.45) is 0 Å². The van der Waals surface area contributed by atoms with Crippen molar-refractivity contribution >= 4 is 5.57 Å². The molecule has 0 aromatic heterocycles. The number of allylic oxidation sites excluding steroid dienone is 1. The molecular weight excluding hydrogens is 228 g/mol. The zero-order valence-electron chi connectivity index (χ0n) is 12.0. The van der Waals surface area contributed by atoms with E-state index in [4.69, 9.17) is 0 Å². The largest absolute Gasteiger partial charge is 0.0675 e. The maximum Gasteiger partial charge on any atom is 0.0140 e. The Bertz CT molecular complexity index is 673. The van der Waals surface area contributed by atoms with Gasteiger partial charge in [0, 0.05) is 6.42 Å². The average molecular weight is 247 g/mol. The second kappa shape index (κ2) is 4.38. The van der Waals surface area contributed by atoms with Crippen LogP contribution >= 0.6 is 0 Å². The van der Waals surface area contributed by atoms with Crippen LogP contribution in [0.4, 0.5) is 0 Å². The van der Waals surface area contributed by atoms with Crippen LogP contribution in [0.3, 0.4) is 0 Å². The van der Waals surface area contributed by atoms with E-state index in [-0.39, 0.29) is 0 Å². The van der Waals surface area contributed by atoms with Crippen LogP contribution in [0.2, 0.25) is 0 Å². The minimum atomic E-state index is 1.31. The fourth-order valence-corrected chi connectivity index (χ4v) is 3.01. The molecule has 0 saturated heterocycles. The lowest BCUT2D eigenvalue weighted by atomic mass is 9.87. The summed E-state index contributed by atoms with van der Waals surface area (Å²) in [5.41, 5.74) is 11.2. The third-order valence-corrected chi connectivity index (χ3v) is 4.51. The normalized spacial score (nSPS) is 13.4. The first-order valence-corrected chi connectivity index (χ1v) is 6.82. The van der Waals surface area contributed by atoms with Crippen LogP contribution < -0.4 is 0 Å². The first-order chi connectivity index (χ1) is 9.11. The van der Waals surface area contributed by atoms with Crippen LogP contribution in [-0.2, 0) is 0 Å². The van der Waals surface area contributed by atoms with Gasteiger partial charge in [-0.05, 0) is 72.2 Å². The molecule has 0 N–H and O–H groups in total. The zero-order chi connectivity index (χ0) is 13.6. The molecule has 3 rings (SSSR count). The topological polar surface area (TPSA) is 0 Å². The van der Waals surface area contributed by atoms with E-state index in [9.17, 15) is 0 Å². The maximum absolute atomic E-state index is 2.27. The molecule has 2 aromatic carbocycles. The standard InChI is InChI=1S/C19H19/c1-12-13(2)15(4)19-17(14(12)3)10-11-18(19)16-8-6-5-7-9-16/h5-11H,1-4H3. The minimum Gasteiger partial charge on any atom is -0.0675 e. The molecule has 0 atom stereocenters. The van der Waals surface area contributed by atoms with Gasteiger partial charge in [-0.15, -0.1) is 0 Å². The molecule has 0 spiro atoms. The summed E-state index contributed by atoms with van der Waals surface area (Å²) in [4.78, 5) is 0. The molecule has 1 aliphatic rings. The molecule has 95 valence electrons. The van der Waals surface area contributed by atoms with Crippen LogP contribution in [0.1, 0.15) is 38.9 Å². The van der Waals surface area contributed by atoms with E-state index < -0.39 is 0 Å². The minimum absolute atomic E-state index is 1.31. The highest BCUT2D eigenvalue weighted by molar-refractivity contribution is 5.90. The first kappa shape index (κ1) is 12.2. The molecule has 1 aliphatic carbocycles. The van der Waals surface area contributed by atoms with Gasteiger partial charge in [0.15, 0.2) is 0 Å². The fourth-order valence-electron chi connectivity index (χ4n) is 3.01. The SMILES string of the molecule is Cc1c(C)c(C)c2c(c1C)[CH]C=C2c1ccccc1. The Morgan fingerprint density at radius 2 is 1.32 bits per heavy atom. The predicted octanol–water partition coefficient (Wildman–Crippen LogP) is 4.92. The van der Waals surface area contributed by atoms with Gasteiger partial charge < -0.3 is 0 Å². The molecule has 0 fully saturated rings.